The number of benzene rings is 1. The second-order valence-electron chi connectivity index (χ2n) is 7.26. The molecular weight excluding hydrogens is 392 g/mol. The summed E-state index contributed by atoms with van der Waals surface area (Å²) in [5, 5.41) is 12.1. The summed E-state index contributed by atoms with van der Waals surface area (Å²) in [5.41, 5.74) is 7.99. The highest BCUT2D eigenvalue weighted by atomic mass is 19.3. The lowest BCUT2D eigenvalue weighted by molar-refractivity contribution is -0.166. The van der Waals surface area contributed by atoms with E-state index in [1.165, 1.54) is 12.1 Å². The number of rotatable bonds is 9. The van der Waals surface area contributed by atoms with E-state index in [0.717, 1.165) is 43.0 Å². The van der Waals surface area contributed by atoms with Crippen LogP contribution in [-0.4, -0.2) is 32.2 Å². The molecule has 0 saturated heterocycles. The Balaban J connectivity index is 1.97. The maximum Gasteiger partial charge on any atom is 0.379 e. The third-order valence-electron chi connectivity index (χ3n) is 5.02. The van der Waals surface area contributed by atoms with Crippen LogP contribution in [0.5, 0.6) is 0 Å². The Kier molecular flexibility index (Phi) is 6.19. The Bertz CT molecular complexity index is 1060. The fraction of sp³-hybridized carbons (Fsp3) is 0.381. The van der Waals surface area contributed by atoms with Crippen LogP contribution >= 0.6 is 0 Å². The van der Waals surface area contributed by atoms with E-state index in [9.17, 15) is 13.6 Å². The number of halogens is 2. The highest BCUT2D eigenvalue weighted by molar-refractivity contribution is 5.87. The molecule has 30 heavy (non-hydrogen) atoms. The topological polar surface area (TPSA) is 106 Å². The van der Waals surface area contributed by atoms with Crippen molar-refractivity contribution in [2.75, 3.05) is 17.6 Å². The Morgan fingerprint density at radius 3 is 2.73 bits per heavy atom. The maximum absolute atomic E-state index is 14.0. The molecule has 0 fully saturated rings. The highest BCUT2D eigenvalue weighted by Gasteiger charge is 2.41. The summed E-state index contributed by atoms with van der Waals surface area (Å²) in [4.78, 5) is 19.5. The van der Waals surface area contributed by atoms with Crippen molar-refractivity contribution in [2.24, 2.45) is 0 Å². The number of nitrogens with two attached hydrogens (primary N) is 1. The van der Waals surface area contributed by atoms with Crippen LogP contribution in [0.15, 0.2) is 30.5 Å². The van der Waals surface area contributed by atoms with Gasteiger partial charge in [-0.25, -0.2) is 9.78 Å². The molecule has 1 aromatic carbocycles. The van der Waals surface area contributed by atoms with Gasteiger partial charge in [-0.1, -0.05) is 31.9 Å². The third-order valence-corrected chi connectivity index (χ3v) is 5.02. The van der Waals surface area contributed by atoms with E-state index in [1.54, 1.807) is 19.2 Å². The van der Waals surface area contributed by atoms with Crippen LogP contribution in [0, 0.1) is 6.92 Å². The van der Waals surface area contributed by atoms with E-state index in [1.807, 2.05) is 4.57 Å². The van der Waals surface area contributed by atoms with Gasteiger partial charge >= 0.3 is 11.9 Å². The Hall–Kier alpha value is -3.23. The zero-order valence-electron chi connectivity index (χ0n) is 17.0. The first-order chi connectivity index (χ1) is 14.2. The van der Waals surface area contributed by atoms with Gasteiger partial charge in [0.05, 0.1) is 5.52 Å². The third kappa shape index (κ3) is 4.34. The fourth-order valence-corrected chi connectivity index (χ4v) is 3.31. The van der Waals surface area contributed by atoms with Crippen molar-refractivity contribution >= 4 is 28.8 Å². The van der Waals surface area contributed by atoms with Crippen molar-refractivity contribution < 1.29 is 18.7 Å². The molecule has 2 heterocycles. The highest BCUT2D eigenvalue weighted by Crippen LogP contribution is 2.31. The lowest BCUT2D eigenvalue weighted by atomic mass is 10.0. The molecule has 0 saturated carbocycles. The van der Waals surface area contributed by atoms with E-state index in [-0.39, 0.29) is 12.5 Å². The SMILES string of the molecule is CCCCCNc1nc(N)nc2ccn(Cc3cc(C(F)(F)C(=O)O)ccc3C)c12. The second-order valence-corrected chi connectivity index (χ2v) is 7.26. The molecule has 0 aliphatic heterocycles. The molecular formula is C21H25F2N5O2. The van der Waals surface area contributed by atoms with Crippen molar-refractivity contribution in [3.63, 3.8) is 0 Å². The van der Waals surface area contributed by atoms with Crippen LogP contribution in [0.3, 0.4) is 0 Å². The molecule has 3 aromatic rings. The molecule has 0 aliphatic rings. The summed E-state index contributed by atoms with van der Waals surface area (Å²) in [7, 11) is 0. The summed E-state index contributed by atoms with van der Waals surface area (Å²) in [5.74, 6) is -5.39. The first kappa shape index (κ1) is 21.5. The molecule has 0 spiro atoms. The number of nitrogens with one attached hydrogen (secondary N) is 1. The van der Waals surface area contributed by atoms with Crippen molar-refractivity contribution in [1.82, 2.24) is 14.5 Å². The number of aromatic nitrogens is 3. The predicted molar refractivity (Wildman–Crippen MR) is 112 cm³/mol. The van der Waals surface area contributed by atoms with Gasteiger partial charge in [-0.3, -0.25) is 0 Å². The molecule has 4 N–H and O–H groups in total. The minimum absolute atomic E-state index is 0.150. The monoisotopic (exact) mass is 417 g/mol. The number of alkyl halides is 2. The summed E-state index contributed by atoms with van der Waals surface area (Å²) < 4.78 is 29.8. The normalized spacial score (nSPS) is 11.7. The number of hydrogen-bond acceptors (Lipinski definition) is 5. The smallest absolute Gasteiger partial charge is 0.379 e. The van der Waals surface area contributed by atoms with Gasteiger partial charge < -0.3 is 20.7 Å². The van der Waals surface area contributed by atoms with Crippen molar-refractivity contribution in [2.45, 2.75) is 45.6 Å². The molecule has 0 amide bonds. The molecule has 7 nitrogen and oxygen atoms in total. The van der Waals surface area contributed by atoms with Gasteiger partial charge in [0.25, 0.3) is 0 Å². The number of aryl methyl sites for hydroxylation is 1. The number of unbranched alkanes of at least 4 members (excludes halogenated alkanes) is 2. The molecule has 2 aromatic heterocycles. The number of aliphatic carboxylic acids is 1. The van der Waals surface area contributed by atoms with Gasteiger partial charge in [-0.2, -0.15) is 13.8 Å². The van der Waals surface area contributed by atoms with E-state index in [2.05, 4.69) is 22.2 Å². The number of hydrogen-bond donors (Lipinski definition) is 3. The van der Waals surface area contributed by atoms with E-state index < -0.39 is 17.5 Å². The number of carbonyl (C=O) groups is 1. The van der Waals surface area contributed by atoms with Crippen LogP contribution in [0.25, 0.3) is 11.0 Å². The molecule has 0 unspecified atom stereocenters. The van der Waals surface area contributed by atoms with Gasteiger partial charge in [0.15, 0.2) is 5.82 Å². The van der Waals surface area contributed by atoms with Crippen LogP contribution in [-0.2, 0) is 17.3 Å². The second kappa shape index (κ2) is 8.64. The fourth-order valence-electron chi connectivity index (χ4n) is 3.31. The summed E-state index contributed by atoms with van der Waals surface area (Å²) in [6, 6.07) is 5.67. The van der Waals surface area contributed by atoms with Gasteiger partial charge in [0, 0.05) is 24.8 Å². The number of nitrogen functional groups attached to an aromatic ring is 1. The molecule has 0 aliphatic carbocycles. The number of carboxylic acids is 1. The summed E-state index contributed by atoms with van der Waals surface area (Å²) in [6.07, 6.45) is 4.95. The predicted octanol–water partition coefficient (Wildman–Crippen LogP) is 4.15. The average molecular weight is 417 g/mol. The lowest BCUT2D eigenvalue weighted by Crippen LogP contribution is -2.25. The van der Waals surface area contributed by atoms with Crippen LogP contribution in [0.4, 0.5) is 20.5 Å². The molecule has 0 bridgehead atoms. The molecule has 160 valence electrons. The van der Waals surface area contributed by atoms with Crippen LogP contribution in [0.2, 0.25) is 0 Å². The number of fused-ring (bicyclic) bond motifs is 1. The summed E-state index contributed by atoms with van der Waals surface area (Å²) >= 11 is 0. The van der Waals surface area contributed by atoms with Crippen molar-refractivity contribution in [1.29, 1.82) is 0 Å². The quantitative estimate of drug-likeness (QED) is 0.452. The maximum atomic E-state index is 14.0. The zero-order chi connectivity index (χ0) is 21.9. The largest absolute Gasteiger partial charge is 0.477 e. The average Bonchev–Trinajstić information content (AvgIpc) is 3.09. The molecule has 3 rings (SSSR count). The standard InChI is InChI=1S/C21H25F2N5O2/c1-3-4-5-9-25-18-17-16(26-20(24)27-18)8-10-28(17)12-14-11-15(7-6-13(14)2)21(22,23)19(29)30/h6-8,10-11H,3-5,9,12H2,1-2H3,(H,29,30)(H3,24,25,26,27). The summed E-state index contributed by atoms with van der Waals surface area (Å²) in [6.45, 7) is 4.90. The number of nitrogens with zero attached hydrogens (tertiary/aromatic N) is 3. The molecule has 9 heteroatoms. The van der Waals surface area contributed by atoms with Crippen LogP contribution in [0.1, 0.15) is 42.9 Å². The lowest BCUT2D eigenvalue weighted by Gasteiger charge is -2.16. The first-order valence-corrected chi connectivity index (χ1v) is 9.81. The zero-order valence-corrected chi connectivity index (χ0v) is 17.0. The number of carboxylic acid groups (broad SMARTS) is 1. The Morgan fingerprint density at radius 1 is 1.27 bits per heavy atom. The van der Waals surface area contributed by atoms with Gasteiger partial charge in [0.2, 0.25) is 5.95 Å². The first-order valence-electron chi connectivity index (χ1n) is 9.81. The van der Waals surface area contributed by atoms with Crippen molar-refractivity contribution in [3.8, 4) is 0 Å². The molecule has 0 radical (unpaired) electrons. The minimum Gasteiger partial charge on any atom is -0.477 e. The Labute approximate surface area is 172 Å². The van der Waals surface area contributed by atoms with E-state index in [4.69, 9.17) is 10.8 Å². The van der Waals surface area contributed by atoms with Crippen LogP contribution < -0.4 is 11.1 Å². The van der Waals surface area contributed by atoms with E-state index >= 15 is 0 Å². The minimum atomic E-state index is -3.95. The van der Waals surface area contributed by atoms with Gasteiger partial charge in [-0.15, -0.1) is 0 Å². The molecule has 0 atom stereocenters. The Morgan fingerprint density at radius 2 is 2.03 bits per heavy atom. The van der Waals surface area contributed by atoms with Gasteiger partial charge in [-0.05, 0) is 36.6 Å². The number of anilines is 2. The van der Waals surface area contributed by atoms with Crippen molar-refractivity contribution in [3.05, 3.63) is 47.2 Å². The van der Waals surface area contributed by atoms with E-state index in [0.29, 0.717) is 16.9 Å². The van der Waals surface area contributed by atoms with Gasteiger partial charge in [0.1, 0.15) is 5.52 Å².